The van der Waals surface area contributed by atoms with Crippen LogP contribution in [0.3, 0.4) is 0 Å². The minimum atomic E-state index is -4.37. The number of methoxy groups -OCH3 is 1. The zero-order valence-corrected chi connectivity index (χ0v) is 23.1. The zero-order valence-electron chi connectivity index (χ0n) is 22.2. The van der Waals surface area contributed by atoms with Crippen LogP contribution >= 0.6 is 7.60 Å². The molecule has 5 aromatic rings. The van der Waals surface area contributed by atoms with Crippen LogP contribution in [-0.4, -0.2) is 36.6 Å². The lowest BCUT2D eigenvalue weighted by molar-refractivity contribution is 0.275. The van der Waals surface area contributed by atoms with Crippen molar-refractivity contribution in [2.24, 2.45) is 0 Å². The molecule has 0 amide bonds. The van der Waals surface area contributed by atoms with Gasteiger partial charge in [-0.2, -0.15) is 0 Å². The molecule has 0 saturated heterocycles. The van der Waals surface area contributed by atoms with E-state index in [0.717, 1.165) is 22.6 Å². The highest BCUT2D eigenvalue weighted by Gasteiger charge is 2.16. The van der Waals surface area contributed by atoms with Crippen LogP contribution in [0.1, 0.15) is 22.6 Å². The highest BCUT2D eigenvalue weighted by atomic mass is 31.2. The van der Waals surface area contributed by atoms with Gasteiger partial charge in [0, 0.05) is 24.4 Å². The lowest BCUT2D eigenvalue weighted by atomic mass is 10.2. The molecule has 0 aliphatic rings. The minimum Gasteiger partial charge on any atom is -0.493 e. The Labute approximate surface area is 235 Å². The zero-order chi connectivity index (χ0) is 28.8. The van der Waals surface area contributed by atoms with Crippen molar-refractivity contribution in [2.45, 2.75) is 20.1 Å². The Bertz CT molecular complexity index is 1700. The van der Waals surface area contributed by atoms with Gasteiger partial charge in [0.2, 0.25) is 11.8 Å². The molecule has 210 valence electrons. The smallest absolute Gasteiger partial charge is 0.349 e. The van der Waals surface area contributed by atoms with E-state index in [-0.39, 0.29) is 19.1 Å². The molecule has 0 aliphatic heterocycles. The van der Waals surface area contributed by atoms with Gasteiger partial charge in [-0.15, -0.1) is 5.10 Å². The Kier molecular flexibility index (Phi) is 8.30. The molecule has 0 spiro atoms. The second-order valence-corrected chi connectivity index (χ2v) is 10.4. The predicted octanol–water partition coefficient (Wildman–Crippen LogP) is 5.55. The van der Waals surface area contributed by atoms with Gasteiger partial charge < -0.3 is 28.4 Å². The van der Waals surface area contributed by atoms with Crippen molar-refractivity contribution in [1.29, 1.82) is 0 Å². The summed E-state index contributed by atoms with van der Waals surface area (Å²) in [5, 5.41) is 4.47. The van der Waals surface area contributed by atoms with E-state index in [4.69, 9.17) is 18.6 Å². The monoisotopic (exact) mass is 574 g/mol. The van der Waals surface area contributed by atoms with E-state index < -0.39 is 7.60 Å². The van der Waals surface area contributed by atoms with Crippen LogP contribution in [0.25, 0.3) is 23.2 Å². The summed E-state index contributed by atoms with van der Waals surface area (Å²) in [6.07, 6.45) is 6.30. The van der Waals surface area contributed by atoms with Gasteiger partial charge in [-0.1, -0.05) is 24.3 Å². The summed E-state index contributed by atoms with van der Waals surface area (Å²) in [5.74, 6) is 3.15. The highest BCUT2D eigenvalue weighted by Crippen LogP contribution is 2.38. The van der Waals surface area contributed by atoms with Crippen molar-refractivity contribution < 1.29 is 33.0 Å². The number of pyridine rings is 1. The summed E-state index contributed by atoms with van der Waals surface area (Å²) in [7, 11) is -2.83. The topological polar surface area (TPSA) is 142 Å². The van der Waals surface area contributed by atoms with Gasteiger partial charge in [0.05, 0.1) is 23.9 Å². The molecule has 3 aromatic heterocycles. The van der Waals surface area contributed by atoms with Crippen molar-refractivity contribution in [3.63, 3.8) is 0 Å². The molecule has 0 bridgehead atoms. The van der Waals surface area contributed by atoms with E-state index in [2.05, 4.69) is 15.1 Å². The molecule has 11 nitrogen and oxygen atoms in total. The van der Waals surface area contributed by atoms with Gasteiger partial charge in [0.1, 0.15) is 24.7 Å². The molecule has 3 heterocycles. The summed E-state index contributed by atoms with van der Waals surface area (Å²) < 4.78 is 36.3. The molecule has 0 unspecified atom stereocenters. The number of benzene rings is 2. The van der Waals surface area contributed by atoms with Crippen LogP contribution in [-0.2, 0) is 17.8 Å². The Morgan fingerprint density at radius 3 is 2.59 bits per heavy atom. The van der Waals surface area contributed by atoms with Crippen molar-refractivity contribution in [2.75, 3.05) is 7.11 Å². The first-order chi connectivity index (χ1) is 19.8. The highest BCUT2D eigenvalue weighted by molar-refractivity contribution is 7.55. The quantitative estimate of drug-likeness (QED) is 0.193. The van der Waals surface area contributed by atoms with E-state index in [1.807, 2.05) is 55.5 Å². The van der Waals surface area contributed by atoms with Crippen molar-refractivity contribution in [3.8, 4) is 34.5 Å². The van der Waals surface area contributed by atoms with Gasteiger partial charge in [0.25, 0.3) is 0 Å². The maximum Gasteiger partial charge on any atom is 0.349 e. The van der Waals surface area contributed by atoms with Gasteiger partial charge in [0.15, 0.2) is 11.5 Å². The van der Waals surface area contributed by atoms with Crippen LogP contribution in [0.15, 0.2) is 89.5 Å². The average molecular weight is 575 g/mol. The Hall–Kier alpha value is -4.70. The van der Waals surface area contributed by atoms with Crippen LogP contribution in [0, 0.1) is 6.92 Å². The number of oxazole rings is 1. The van der Waals surface area contributed by atoms with Crippen molar-refractivity contribution in [3.05, 3.63) is 108 Å². The molecule has 12 heteroatoms. The normalized spacial score (nSPS) is 11.6. The summed E-state index contributed by atoms with van der Waals surface area (Å²) in [6, 6.07) is 18.4. The molecule has 0 atom stereocenters. The molecule has 41 heavy (non-hydrogen) atoms. The fraction of sp³-hybridized carbons (Fsp3) is 0.138. The number of nitrogens with zero attached hydrogens (tertiary/aromatic N) is 4. The molecule has 0 radical (unpaired) electrons. The van der Waals surface area contributed by atoms with Gasteiger partial charge >= 0.3 is 7.60 Å². The number of hydrogen-bond acceptors (Lipinski definition) is 8. The number of ether oxygens (including phenoxy) is 3. The maximum atomic E-state index is 11.4. The van der Waals surface area contributed by atoms with Crippen molar-refractivity contribution in [1.82, 2.24) is 19.7 Å². The van der Waals surface area contributed by atoms with Gasteiger partial charge in [-0.05, 0) is 55.0 Å². The van der Waals surface area contributed by atoms with E-state index in [1.54, 1.807) is 42.5 Å². The first kappa shape index (κ1) is 27.9. The molecule has 0 saturated carbocycles. The van der Waals surface area contributed by atoms with Gasteiger partial charge in [-0.3, -0.25) is 9.55 Å². The summed E-state index contributed by atoms with van der Waals surface area (Å²) in [5.41, 5.74) is 3.38. The first-order valence-corrected chi connectivity index (χ1v) is 14.2. The minimum absolute atomic E-state index is 0.121. The molecular weight excluding hydrogens is 547 g/mol. The Balaban J connectivity index is 1.30. The third-order valence-electron chi connectivity index (χ3n) is 5.95. The van der Waals surface area contributed by atoms with E-state index in [1.165, 1.54) is 6.08 Å². The second-order valence-electron chi connectivity index (χ2n) is 8.90. The SMILES string of the molecule is COc1cc(COc2nn(-c3ccccc3)cc2C=CP(=O)(O)O)ccc1OCc1nc(-c2cccnc2)oc1C. The number of aromatic nitrogens is 4. The lowest BCUT2D eigenvalue weighted by Gasteiger charge is -2.12. The van der Waals surface area contributed by atoms with Crippen LogP contribution in [0.4, 0.5) is 0 Å². The molecule has 2 N–H and O–H groups in total. The number of rotatable bonds is 11. The standard InChI is InChI=1S/C29H27N4O7P/c1-20-25(31-28(40-20)22-7-6-13-30-16-22)19-38-26-11-10-21(15-27(26)37-2)18-39-29-23(12-14-41(34,35)36)17-33(32-29)24-8-4-3-5-9-24/h3-17H,18-19H2,1-2H3,(H2,34,35,36). The van der Waals surface area contributed by atoms with Crippen LogP contribution in [0.5, 0.6) is 17.4 Å². The molecule has 2 aromatic carbocycles. The predicted molar refractivity (Wildman–Crippen MR) is 151 cm³/mol. The molecular formula is C29H27N4O7P. The van der Waals surface area contributed by atoms with E-state index >= 15 is 0 Å². The fourth-order valence-electron chi connectivity index (χ4n) is 3.88. The summed E-state index contributed by atoms with van der Waals surface area (Å²) >= 11 is 0. The summed E-state index contributed by atoms with van der Waals surface area (Å²) in [6.45, 7) is 2.12. The van der Waals surface area contributed by atoms with Gasteiger partial charge in [-0.25, -0.2) is 9.67 Å². The average Bonchev–Trinajstić information content (AvgIpc) is 3.57. The van der Waals surface area contributed by atoms with Crippen LogP contribution in [0.2, 0.25) is 0 Å². The molecule has 0 aliphatic carbocycles. The first-order valence-electron chi connectivity index (χ1n) is 12.5. The van der Waals surface area contributed by atoms with E-state index in [0.29, 0.717) is 34.4 Å². The third kappa shape index (κ3) is 7.09. The van der Waals surface area contributed by atoms with Crippen LogP contribution < -0.4 is 14.2 Å². The van der Waals surface area contributed by atoms with Crippen molar-refractivity contribution >= 4 is 13.7 Å². The molecule has 5 rings (SSSR count). The molecule has 0 fully saturated rings. The number of hydrogen-bond donors (Lipinski definition) is 2. The van der Waals surface area contributed by atoms with E-state index in [9.17, 15) is 14.4 Å². The Morgan fingerprint density at radius 2 is 1.85 bits per heavy atom. The maximum absolute atomic E-state index is 11.4. The fourth-order valence-corrected chi connectivity index (χ4v) is 4.24. The number of para-hydroxylation sites is 1. The lowest BCUT2D eigenvalue weighted by Crippen LogP contribution is -2.02. The Morgan fingerprint density at radius 1 is 1.02 bits per heavy atom. The summed E-state index contributed by atoms with van der Waals surface area (Å²) in [4.78, 5) is 27.2. The second kappa shape index (κ2) is 12.2. The third-order valence-corrected chi connectivity index (χ3v) is 6.48. The largest absolute Gasteiger partial charge is 0.493 e. The number of aryl methyl sites for hydroxylation is 1.